The van der Waals surface area contributed by atoms with Crippen molar-refractivity contribution < 1.29 is 28.9 Å². The van der Waals surface area contributed by atoms with Gasteiger partial charge in [-0.3, -0.25) is 9.59 Å². The van der Waals surface area contributed by atoms with Crippen molar-refractivity contribution in [2.24, 2.45) is 0 Å². The maximum absolute atomic E-state index is 13.5. The number of pyridine rings is 2. The van der Waals surface area contributed by atoms with Gasteiger partial charge in [0, 0.05) is 29.1 Å². The monoisotopic (exact) mass is 492 g/mol. The Bertz CT molecular complexity index is 1530. The Balaban J connectivity index is 1.57. The minimum atomic E-state index is -1.90. The predicted octanol–water partition coefficient (Wildman–Crippen LogP) is 0.644. The number of benzene rings is 1. The Hall–Kier alpha value is -3.96. The van der Waals surface area contributed by atoms with Crippen LogP contribution in [0.25, 0.3) is 22.3 Å². The lowest BCUT2D eigenvalue weighted by atomic mass is 9.86. The third-order valence-electron chi connectivity index (χ3n) is 7.10. The number of carbonyl (C=O) groups is 2. The van der Waals surface area contributed by atoms with Gasteiger partial charge in [0.05, 0.1) is 35.6 Å². The van der Waals surface area contributed by atoms with E-state index in [-0.39, 0.29) is 62.0 Å². The van der Waals surface area contributed by atoms with Crippen LogP contribution in [0.3, 0.4) is 0 Å². The summed E-state index contributed by atoms with van der Waals surface area (Å²) in [6, 6.07) is 5.28. The summed E-state index contributed by atoms with van der Waals surface area (Å²) in [7, 11) is 1.69. The molecule has 11 nitrogen and oxygen atoms in total. The van der Waals surface area contributed by atoms with Crippen molar-refractivity contribution in [1.82, 2.24) is 20.2 Å². The van der Waals surface area contributed by atoms with Gasteiger partial charge in [-0.2, -0.15) is 0 Å². The number of likely N-dealkylation sites (N-methyl/N-ethyl adjacent to an activating group) is 1. The number of hydrogen-bond acceptors (Lipinski definition) is 9. The van der Waals surface area contributed by atoms with Crippen molar-refractivity contribution in [3.8, 4) is 22.9 Å². The Morgan fingerprint density at radius 2 is 1.94 bits per heavy atom. The molecule has 2 aromatic heterocycles. The van der Waals surface area contributed by atoms with Crippen LogP contribution in [0.5, 0.6) is 11.5 Å². The first-order valence-electron chi connectivity index (χ1n) is 11.7. The lowest BCUT2D eigenvalue weighted by Gasteiger charge is -2.31. The van der Waals surface area contributed by atoms with Crippen LogP contribution in [0.4, 0.5) is 0 Å². The molecule has 1 amide bonds. The molecule has 0 radical (unpaired) electrons. The fourth-order valence-corrected chi connectivity index (χ4v) is 5.16. The number of esters is 1. The average Bonchev–Trinajstić information content (AvgIpc) is 3.48. The van der Waals surface area contributed by atoms with Gasteiger partial charge in [0.1, 0.15) is 6.61 Å². The summed E-state index contributed by atoms with van der Waals surface area (Å²) in [5.41, 5.74) is 1.50. The van der Waals surface area contributed by atoms with Gasteiger partial charge in [-0.1, -0.05) is 6.92 Å². The average molecular weight is 492 g/mol. The van der Waals surface area contributed by atoms with E-state index in [0.29, 0.717) is 28.4 Å². The van der Waals surface area contributed by atoms with Gasteiger partial charge < -0.3 is 34.5 Å². The molecule has 11 heteroatoms. The second kappa shape index (κ2) is 8.04. The van der Waals surface area contributed by atoms with Crippen molar-refractivity contribution in [2.75, 3.05) is 20.4 Å². The molecule has 3 aliphatic rings. The van der Waals surface area contributed by atoms with Gasteiger partial charge in [-0.15, -0.1) is 0 Å². The molecule has 0 aliphatic carbocycles. The van der Waals surface area contributed by atoms with Crippen LogP contribution in [0.2, 0.25) is 0 Å². The van der Waals surface area contributed by atoms with E-state index >= 15 is 0 Å². The third-order valence-corrected chi connectivity index (χ3v) is 7.10. The summed E-state index contributed by atoms with van der Waals surface area (Å²) in [4.78, 5) is 43.1. The Labute approximate surface area is 205 Å². The highest BCUT2D eigenvalue weighted by atomic mass is 16.7. The van der Waals surface area contributed by atoms with Crippen LogP contribution in [0.15, 0.2) is 23.0 Å². The lowest BCUT2D eigenvalue weighted by molar-refractivity contribution is -0.172. The summed E-state index contributed by atoms with van der Waals surface area (Å²) in [5, 5.41) is 17.6. The van der Waals surface area contributed by atoms with Crippen LogP contribution in [-0.2, 0) is 39.6 Å². The molecule has 186 valence electrons. The number of rotatable bonds is 5. The molecular weight excluding hydrogens is 468 g/mol. The van der Waals surface area contributed by atoms with Crippen LogP contribution in [0.1, 0.15) is 35.6 Å². The minimum absolute atomic E-state index is 0.0615. The van der Waals surface area contributed by atoms with E-state index in [9.17, 15) is 19.5 Å². The molecule has 6 rings (SSSR count). The summed E-state index contributed by atoms with van der Waals surface area (Å²) in [6.45, 7) is 2.17. The van der Waals surface area contributed by atoms with Gasteiger partial charge in [-0.05, 0) is 31.2 Å². The number of aliphatic hydroxyl groups is 1. The highest BCUT2D eigenvalue weighted by Crippen LogP contribution is 2.43. The fraction of sp³-hybridized carbons (Fsp3) is 0.360. The number of hydrogen-bond donors (Lipinski definition) is 3. The number of fused-ring (bicyclic) bond motifs is 6. The quantitative estimate of drug-likeness (QED) is 0.342. The molecule has 5 heterocycles. The lowest BCUT2D eigenvalue weighted by Crippen LogP contribution is -2.44. The molecule has 0 saturated carbocycles. The second-order valence-corrected chi connectivity index (χ2v) is 9.05. The van der Waals surface area contributed by atoms with Gasteiger partial charge in [0.15, 0.2) is 17.1 Å². The minimum Gasteiger partial charge on any atom is -0.458 e. The molecule has 36 heavy (non-hydrogen) atoms. The van der Waals surface area contributed by atoms with Crippen molar-refractivity contribution in [2.45, 2.75) is 38.6 Å². The van der Waals surface area contributed by atoms with Crippen molar-refractivity contribution in [3.63, 3.8) is 0 Å². The first kappa shape index (κ1) is 22.5. The van der Waals surface area contributed by atoms with E-state index in [1.165, 1.54) is 0 Å². The highest BCUT2D eigenvalue weighted by Gasteiger charge is 2.45. The Morgan fingerprint density at radius 3 is 2.69 bits per heavy atom. The Kier molecular flexibility index (Phi) is 5.02. The maximum atomic E-state index is 13.5. The van der Waals surface area contributed by atoms with Crippen molar-refractivity contribution in [1.29, 1.82) is 0 Å². The van der Waals surface area contributed by atoms with E-state index in [1.54, 1.807) is 30.7 Å². The number of ether oxygens (including phenoxy) is 3. The molecule has 1 atom stereocenters. The zero-order valence-electron chi connectivity index (χ0n) is 19.8. The smallest absolute Gasteiger partial charge is 0.343 e. The van der Waals surface area contributed by atoms with E-state index < -0.39 is 11.6 Å². The summed E-state index contributed by atoms with van der Waals surface area (Å²) >= 11 is 0. The summed E-state index contributed by atoms with van der Waals surface area (Å²) in [6.07, 6.45) is 0.0615. The van der Waals surface area contributed by atoms with E-state index in [2.05, 4.69) is 10.6 Å². The number of carbonyl (C=O) groups excluding carboxylic acids is 2. The SMILES string of the molecule is CC[C@@]1(O)C(=O)OCc2c1cc1n(c2=O)Cc2c-1nc1cc3c(cc1c2CNC(=O)CNC)OCO3. The zero-order valence-corrected chi connectivity index (χ0v) is 19.8. The van der Waals surface area contributed by atoms with Crippen LogP contribution in [0, 0.1) is 0 Å². The van der Waals surface area contributed by atoms with Gasteiger partial charge in [0.2, 0.25) is 12.7 Å². The molecule has 0 bridgehead atoms. The number of aromatic nitrogens is 2. The molecule has 0 saturated heterocycles. The summed E-state index contributed by atoms with van der Waals surface area (Å²) in [5.74, 6) is 0.193. The fourth-order valence-electron chi connectivity index (χ4n) is 5.16. The van der Waals surface area contributed by atoms with Crippen LogP contribution in [-0.4, -0.2) is 46.9 Å². The molecule has 3 N–H and O–H groups in total. The van der Waals surface area contributed by atoms with Gasteiger partial charge in [0.25, 0.3) is 5.56 Å². The topological polar surface area (TPSA) is 141 Å². The zero-order chi connectivity index (χ0) is 25.2. The molecule has 0 fully saturated rings. The second-order valence-electron chi connectivity index (χ2n) is 9.05. The third kappa shape index (κ3) is 3.12. The predicted molar refractivity (Wildman–Crippen MR) is 126 cm³/mol. The van der Waals surface area contributed by atoms with Crippen LogP contribution < -0.4 is 25.7 Å². The molecule has 3 aliphatic heterocycles. The van der Waals surface area contributed by atoms with Crippen molar-refractivity contribution in [3.05, 3.63) is 50.8 Å². The largest absolute Gasteiger partial charge is 0.458 e. The first-order chi connectivity index (χ1) is 17.4. The number of cyclic esters (lactones) is 1. The normalized spacial score (nSPS) is 19.0. The molecule has 1 aromatic carbocycles. The van der Waals surface area contributed by atoms with E-state index in [1.807, 2.05) is 6.07 Å². The molecular formula is C25H24N4O7. The standard InChI is InChI=1S/C25H24N4O7/c1-3-25(33)16-5-18-22-14(9-29(18)23(31)15(16)10-34-24(25)32)13(7-27-21(30)8-26-2)12-4-19-20(36-11-35-19)6-17(12)28-22/h4-6,26,33H,3,7-11H2,1-2H3,(H,27,30)/t25-/m0/s1. The number of amides is 1. The van der Waals surface area contributed by atoms with Crippen LogP contribution >= 0.6 is 0 Å². The Morgan fingerprint density at radius 1 is 1.17 bits per heavy atom. The number of nitrogens with one attached hydrogen (secondary N) is 2. The number of nitrogens with zero attached hydrogens (tertiary/aromatic N) is 2. The molecule has 0 spiro atoms. The maximum Gasteiger partial charge on any atom is 0.343 e. The molecule has 0 unspecified atom stereocenters. The van der Waals surface area contributed by atoms with Gasteiger partial charge in [-0.25, -0.2) is 9.78 Å². The highest BCUT2D eigenvalue weighted by molar-refractivity contribution is 5.91. The van der Waals surface area contributed by atoms with Crippen molar-refractivity contribution >= 4 is 22.8 Å². The molecule has 3 aromatic rings. The summed E-state index contributed by atoms with van der Waals surface area (Å²) < 4.78 is 17.8. The van der Waals surface area contributed by atoms with Gasteiger partial charge >= 0.3 is 5.97 Å². The first-order valence-corrected chi connectivity index (χ1v) is 11.7. The van der Waals surface area contributed by atoms with E-state index in [0.717, 1.165) is 16.5 Å². The van der Waals surface area contributed by atoms with E-state index in [4.69, 9.17) is 19.2 Å².